The van der Waals surface area contributed by atoms with Gasteiger partial charge in [0.15, 0.2) is 5.96 Å². The second-order valence-electron chi connectivity index (χ2n) is 6.17. The fourth-order valence-corrected chi connectivity index (χ4v) is 2.81. The molecule has 1 aromatic heterocycles. The Labute approximate surface area is 154 Å². The molecule has 2 atom stereocenters. The van der Waals surface area contributed by atoms with Gasteiger partial charge >= 0.3 is 6.36 Å². The van der Waals surface area contributed by atoms with Crippen molar-refractivity contribution >= 4 is 5.96 Å². The Balaban J connectivity index is 1.66. The molecule has 1 aromatic carbocycles. The van der Waals surface area contributed by atoms with Crippen LogP contribution in [0.4, 0.5) is 13.2 Å². The van der Waals surface area contributed by atoms with Crippen LogP contribution in [0.1, 0.15) is 30.7 Å². The molecule has 2 aromatic rings. The number of ether oxygens (including phenoxy) is 1. The molecule has 0 bridgehead atoms. The van der Waals surface area contributed by atoms with Gasteiger partial charge < -0.3 is 15.4 Å². The summed E-state index contributed by atoms with van der Waals surface area (Å²) in [5.41, 5.74) is 0.538. The zero-order valence-electron chi connectivity index (χ0n) is 15.0. The molecular formula is C17H21F3N6O. The fraction of sp³-hybridized carbons (Fsp3) is 0.471. The van der Waals surface area contributed by atoms with Crippen LogP contribution in [0, 0.1) is 0 Å². The Kier molecular flexibility index (Phi) is 5.52. The molecule has 0 radical (unpaired) electrons. The second kappa shape index (κ2) is 7.85. The van der Waals surface area contributed by atoms with E-state index in [1.807, 2.05) is 6.92 Å². The highest BCUT2D eigenvalue weighted by molar-refractivity contribution is 5.80. The van der Waals surface area contributed by atoms with Gasteiger partial charge in [0.2, 0.25) is 0 Å². The van der Waals surface area contributed by atoms with E-state index < -0.39 is 6.36 Å². The monoisotopic (exact) mass is 382 g/mol. The van der Waals surface area contributed by atoms with Crippen LogP contribution in [0.2, 0.25) is 0 Å². The van der Waals surface area contributed by atoms with E-state index in [1.165, 1.54) is 18.5 Å². The quantitative estimate of drug-likeness (QED) is 0.592. The predicted octanol–water partition coefficient (Wildman–Crippen LogP) is 2.32. The van der Waals surface area contributed by atoms with Crippen molar-refractivity contribution in [3.63, 3.8) is 0 Å². The molecular weight excluding hydrogens is 361 g/mol. The fourth-order valence-electron chi connectivity index (χ4n) is 2.81. The Morgan fingerprint density at radius 1 is 1.37 bits per heavy atom. The predicted molar refractivity (Wildman–Crippen MR) is 93.2 cm³/mol. The minimum Gasteiger partial charge on any atom is -0.405 e. The number of alkyl halides is 3. The first-order valence-electron chi connectivity index (χ1n) is 8.59. The highest BCUT2D eigenvalue weighted by Gasteiger charge is 2.42. The van der Waals surface area contributed by atoms with E-state index >= 15 is 0 Å². The van der Waals surface area contributed by atoms with E-state index in [1.54, 1.807) is 23.9 Å². The van der Waals surface area contributed by atoms with Crippen LogP contribution in [0.5, 0.6) is 5.75 Å². The number of halogens is 3. The normalized spacial score (nSPS) is 19.7. The third-order valence-corrected chi connectivity index (χ3v) is 4.18. The number of aromatic nitrogens is 3. The Hall–Kier alpha value is -2.78. The topological polar surface area (TPSA) is 76.4 Å². The molecule has 1 aliphatic rings. The van der Waals surface area contributed by atoms with E-state index in [9.17, 15) is 13.2 Å². The molecule has 0 saturated heterocycles. The van der Waals surface area contributed by atoms with Gasteiger partial charge in [0, 0.05) is 25.6 Å². The standard InChI is InChI=1S/C17H21F3N6O/c1-3-21-16(22-9-15-23-10-24-26(15)2)25-13-8-12(13)11-6-4-5-7-14(11)27-17(18,19)20/h4-7,10,12-13H,3,8-9H2,1-2H3,(H2,21,22,25). The third-order valence-electron chi connectivity index (χ3n) is 4.18. The summed E-state index contributed by atoms with van der Waals surface area (Å²) in [6, 6.07) is 6.23. The molecule has 27 heavy (non-hydrogen) atoms. The zero-order valence-corrected chi connectivity index (χ0v) is 15.0. The molecule has 7 nitrogen and oxygen atoms in total. The van der Waals surface area contributed by atoms with Crippen molar-refractivity contribution in [3.05, 3.63) is 42.0 Å². The van der Waals surface area contributed by atoms with Gasteiger partial charge in [0.25, 0.3) is 0 Å². The minimum absolute atomic E-state index is 0.0136. The van der Waals surface area contributed by atoms with Crippen LogP contribution >= 0.6 is 0 Å². The van der Waals surface area contributed by atoms with E-state index in [4.69, 9.17) is 0 Å². The van der Waals surface area contributed by atoms with Crippen LogP contribution in [0.15, 0.2) is 35.6 Å². The summed E-state index contributed by atoms with van der Waals surface area (Å²) in [7, 11) is 1.78. The maximum atomic E-state index is 12.6. The number of nitrogens with one attached hydrogen (secondary N) is 2. The van der Waals surface area contributed by atoms with Gasteiger partial charge in [-0.25, -0.2) is 9.98 Å². The molecule has 2 N–H and O–H groups in total. The van der Waals surface area contributed by atoms with Crippen molar-refractivity contribution in [3.8, 4) is 5.75 Å². The van der Waals surface area contributed by atoms with Crippen LogP contribution in [-0.4, -0.2) is 39.7 Å². The average Bonchev–Trinajstić information content (AvgIpc) is 3.23. The number of hydrogen-bond donors (Lipinski definition) is 2. The molecule has 1 aliphatic carbocycles. The summed E-state index contributed by atoms with van der Waals surface area (Å²) in [5, 5.41) is 10.4. The van der Waals surface area contributed by atoms with E-state index in [2.05, 4.69) is 30.4 Å². The smallest absolute Gasteiger partial charge is 0.405 e. The molecule has 1 fully saturated rings. The molecule has 3 rings (SSSR count). The number of guanidine groups is 1. The number of para-hydroxylation sites is 1. The molecule has 2 unspecified atom stereocenters. The first kappa shape index (κ1) is 19.0. The summed E-state index contributed by atoms with van der Waals surface area (Å²) < 4.78 is 43.6. The highest BCUT2D eigenvalue weighted by Crippen LogP contribution is 2.45. The van der Waals surface area contributed by atoms with E-state index in [-0.39, 0.29) is 17.7 Å². The lowest BCUT2D eigenvalue weighted by atomic mass is 10.1. The summed E-state index contributed by atoms with van der Waals surface area (Å²) in [5.74, 6) is 1.08. The van der Waals surface area contributed by atoms with Crippen molar-refractivity contribution in [2.45, 2.75) is 38.2 Å². The zero-order chi connectivity index (χ0) is 19.4. The molecule has 10 heteroatoms. The van der Waals surface area contributed by atoms with Crippen molar-refractivity contribution < 1.29 is 17.9 Å². The van der Waals surface area contributed by atoms with Crippen molar-refractivity contribution in [2.24, 2.45) is 12.0 Å². The summed E-state index contributed by atoms with van der Waals surface area (Å²) in [6.45, 7) is 2.95. The van der Waals surface area contributed by atoms with Gasteiger partial charge in [-0.15, -0.1) is 13.2 Å². The van der Waals surface area contributed by atoms with Crippen LogP contribution in [-0.2, 0) is 13.6 Å². The second-order valence-corrected chi connectivity index (χ2v) is 6.17. The van der Waals surface area contributed by atoms with E-state index in [0.717, 1.165) is 0 Å². The lowest BCUT2D eigenvalue weighted by molar-refractivity contribution is -0.274. The SMILES string of the molecule is CCNC(=NCc1ncnn1C)NC1CC1c1ccccc1OC(F)(F)F. The van der Waals surface area contributed by atoms with Gasteiger partial charge in [0.05, 0.1) is 0 Å². The van der Waals surface area contributed by atoms with Gasteiger partial charge in [-0.2, -0.15) is 5.10 Å². The number of benzene rings is 1. The Morgan fingerprint density at radius 2 is 2.15 bits per heavy atom. The number of hydrogen-bond acceptors (Lipinski definition) is 4. The molecule has 0 aliphatic heterocycles. The number of rotatable bonds is 6. The molecule has 1 saturated carbocycles. The Bertz CT molecular complexity index is 804. The number of aryl methyl sites for hydroxylation is 1. The van der Waals surface area contributed by atoms with Gasteiger partial charge in [0.1, 0.15) is 24.4 Å². The van der Waals surface area contributed by atoms with Gasteiger partial charge in [-0.3, -0.25) is 4.68 Å². The Morgan fingerprint density at radius 3 is 2.81 bits per heavy atom. The summed E-state index contributed by atoms with van der Waals surface area (Å²) in [6.07, 6.45) is -2.55. The summed E-state index contributed by atoms with van der Waals surface area (Å²) in [4.78, 5) is 8.58. The maximum Gasteiger partial charge on any atom is 0.573 e. The molecule has 0 spiro atoms. The van der Waals surface area contributed by atoms with Crippen molar-refractivity contribution in [1.29, 1.82) is 0 Å². The van der Waals surface area contributed by atoms with Crippen LogP contribution in [0.3, 0.4) is 0 Å². The first-order chi connectivity index (χ1) is 12.9. The first-order valence-corrected chi connectivity index (χ1v) is 8.59. The lowest BCUT2D eigenvalue weighted by Gasteiger charge is -2.14. The van der Waals surface area contributed by atoms with Crippen molar-refractivity contribution in [2.75, 3.05) is 6.54 Å². The molecule has 146 valence electrons. The van der Waals surface area contributed by atoms with Crippen LogP contribution in [0.25, 0.3) is 0 Å². The van der Waals surface area contributed by atoms with Gasteiger partial charge in [-0.05, 0) is 25.0 Å². The minimum atomic E-state index is -4.71. The summed E-state index contributed by atoms with van der Waals surface area (Å²) >= 11 is 0. The van der Waals surface area contributed by atoms with Crippen molar-refractivity contribution in [1.82, 2.24) is 25.4 Å². The largest absolute Gasteiger partial charge is 0.573 e. The van der Waals surface area contributed by atoms with E-state index in [0.29, 0.717) is 36.9 Å². The lowest BCUT2D eigenvalue weighted by Crippen LogP contribution is -2.39. The average molecular weight is 382 g/mol. The maximum absolute atomic E-state index is 12.6. The van der Waals surface area contributed by atoms with Gasteiger partial charge in [-0.1, -0.05) is 18.2 Å². The molecule has 0 amide bonds. The number of nitrogens with zero attached hydrogens (tertiary/aromatic N) is 4. The number of aliphatic imine (C=N–C) groups is 1. The third kappa shape index (κ3) is 5.11. The molecule has 1 heterocycles. The van der Waals surface area contributed by atoms with Crippen LogP contribution < -0.4 is 15.4 Å². The highest BCUT2D eigenvalue weighted by atomic mass is 19.4.